The minimum Gasteiger partial charge on any atom is -0.350 e. The lowest BCUT2D eigenvalue weighted by atomic mass is 10.2. The van der Waals surface area contributed by atoms with Gasteiger partial charge in [0.2, 0.25) is 11.8 Å². The van der Waals surface area contributed by atoms with E-state index in [1.807, 2.05) is 0 Å². The molecule has 2 rings (SSSR count). The Kier molecular flexibility index (Phi) is 5.57. The van der Waals surface area contributed by atoms with Gasteiger partial charge in [-0.15, -0.1) is 0 Å². The van der Waals surface area contributed by atoms with Crippen molar-refractivity contribution >= 4 is 17.5 Å². The molecule has 4 nitrogen and oxygen atoms in total. The Hall–Kier alpha value is -2.83. The molecule has 126 valence electrons. The highest BCUT2D eigenvalue weighted by atomic mass is 19.1. The summed E-state index contributed by atoms with van der Waals surface area (Å²) >= 11 is 0. The third-order valence-corrected chi connectivity index (χ3v) is 3.29. The summed E-state index contributed by atoms with van der Waals surface area (Å²) in [6.45, 7) is 0.895. The molecule has 0 fully saturated rings. The van der Waals surface area contributed by atoms with Crippen molar-refractivity contribution in [1.29, 1.82) is 0 Å². The van der Waals surface area contributed by atoms with Gasteiger partial charge in [0.1, 0.15) is 24.0 Å². The molecule has 0 unspecified atom stereocenters. The molecule has 0 bridgehead atoms. The number of amides is 2. The zero-order valence-electron chi connectivity index (χ0n) is 12.9. The molecule has 0 saturated carbocycles. The number of nitrogens with one attached hydrogen (secondary N) is 1. The van der Waals surface area contributed by atoms with Gasteiger partial charge in [-0.1, -0.05) is 12.1 Å². The molecular weight excluding hydrogens is 321 g/mol. The standard InChI is InChI=1S/C17H15F3N2O2/c1-11(23)22(16-7-6-14(19)8-15(16)20)10-17(24)21-9-12-2-4-13(18)5-3-12/h2-8H,9-10H2,1H3,(H,21,24). The van der Waals surface area contributed by atoms with Gasteiger partial charge < -0.3 is 10.2 Å². The molecule has 0 aliphatic rings. The van der Waals surface area contributed by atoms with Crippen LogP contribution in [-0.4, -0.2) is 18.4 Å². The van der Waals surface area contributed by atoms with Gasteiger partial charge in [0, 0.05) is 19.5 Å². The number of anilines is 1. The number of carbonyl (C=O) groups excluding carboxylic acids is 2. The lowest BCUT2D eigenvalue weighted by Crippen LogP contribution is -2.40. The van der Waals surface area contributed by atoms with E-state index in [2.05, 4.69) is 5.32 Å². The normalized spacial score (nSPS) is 10.3. The molecule has 0 heterocycles. The summed E-state index contributed by atoms with van der Waals surface area (Å²) in [5.41, 5.74) is 0.493. The van der Waals surface area contributed by atoms with Crippen LogP contribution in [0.15, 0.2) is 42.5 Å². The van der Waals surface area contributed by atoms with E-state index in [4.69, 9.17) is 0 Å². The van der Waals surface area contributed by atoms with E-state index in [1.165, 1.54) is 31.2 Å². The highest BCUT2D eigenvalue weighted by Gasteiger charge is 2.19. The molecule has 0 radical (unpaired) electrons. The van der Waals surface area contributed by atoms with Crippen LogP contribution in [0.2, 0.25) is 0 Å². The van der Waals surface area contributed by atoms with Gasteiger partial charge in [-0.05, 0) is 29.8 Å². The average molecular weight is 336 g/mol. The number of rotatable bonds is 5. The Morgan fingerprint density at radius 1 is 1.00 bits per heavy atom. The second kappa shape index (κ2) is 7.63. The highest BCUT2D eigenvalue weighted by Crippen LogP contribution is 2.20. The van der Waals surface area contributed by atoms with Crippen molar-refractivity contribution in [3.05, 3.63) is 65.5 Å². The van der Waals surface area contributed by atoms with Crippen LogP contribution in [0.1, 0.15) is 12.5 Å². The number of hydrogen-bond donors (Lipinski definition) is 1. The Labute approximate surface area is 136 Å². The Morgan fingerprint density at radius 3 is 2.21 bits per heavy atom. The van der Waals surface area contributed by atoms with Crippen LogP contribution in [-0.2, 0) is 16.1 Å². The van der Waals surface area contributed by atoms with E-state index in [0.717, 1.165) is 17.0 Å². The number of benzene rings is 2. The first-order valence-corrected chi connectivity index (χ1v) is 7.11. The Morgan fingerprint density at radius 2 is 1.62 bits per heavy atom. The molecule has 0 spiro atoms. The summed E-state index contributed by atoms with van der Waals surface area (Å²) in [4.78, 5) is 24.6. The minimum atomic E-state index is -0.934. The lowest BCUT2D eigenvalue weighted by Gasteiger charge is -2.21. The predicted octanol–water partition coefficient (Wildman–Crippen LogP) is 2.77. The summed E-state index contributed by atoms with van der Waals surface area (Å²) in [7, 11) is 0. The fraction of sp³-hybridized carbons (Fsp3) is 0.176. The van der Waals surface area contributed by atoms with E-state index in [9.17, 15) is 22.8 Å². The highest BCUT2D eigenvalue weighted by molar-refractivity contribution is 5.97. The van der Waals surface area contributed by atoms with Crippen molar-refractivity contribution < 1.29 is 22.8 Å². The summed E-state index contributed by atoms with van der Waals surface area (Å²) in [6, 6.07) is 8.29. The van der Waals surface area contributed by atoms with Crippen LogP contribution < -0.4 is 10.2 Å². The zero-order chi connectivity index (χ0) is 17.7. The van der Waals surface area contributed by atoms with E-state index < -0.39 is 30.0 Å². The molecular formula is C17H15F3N2O2. The maximum atomic E-state index is 13.8. The second-order valence-corrected chi connectivity index (χ2v) is 5.10. The molecule has 0 aliphatic carbocycles. The maximum Gasteiger partial charge on any atom is 0.240 e. The third kappa shape index (κ3) is 4.58. The van der Waals surface area contributed by atoms with Gasteiger partial charge in [-0.3, -0.25) is 9.59 Å². The molecule has 2 amide bonds. The van der Waals surface area contributed by atoms with Crippen molar-refractivity contribution in [2.45, 2.75) is 13.5 Å². The average Bonchev–Trinajstić information content (AvgIpc) is 2.52. The maximum absolute atomic E-state index is 13.8. The number of halogens is 3. The van der Waals surface area contributed by atoms with Crippen molar-refractivity contribution in [1.82, 2.24) is 5.32 Å². The molecule has 24 heavy (non-hydrogen) atoms. The molecule has 7 heteroatoms. The van der Waals surface area contributed by atoms with Crippen molar-refractivity contribution in [3.8, 4) is 0 Å². The van der Waals surface area contributed by atoms with Gasteiger partial charge in [0.15, 0.2) is 0 Å². The Bertz CT molecular complexity index is 748. The van der Waals surface area contributed by atoms with Gasteiger partial charge in [-0.25, -0.2) is 13.2 Å². The van der Waals surface area contributed by atoms with Crippen molar-refractivity contribution in [3.63, 3.8) is 0 Å². The second-order valence-electron chi connectivity index (χ2n) is 5.10. The largest absolute Gasteiger partial charge is 0.350 e. The van der Waals surface area contributed by atoms with E-state index in [1.54, 1.807) is 0 Å². The molecule has 1 N–H and O–H groups in total. The van der Waals surface area contributed by atoms with E-state index in [-0.39, 0.29) is 18.0 Å². The topological polar surface area (TPSA) is 49.4 Å². The van der Waals surface area contributed by atoms with Gasteiger partial charge in [-0.2, -0.15) is 0 Å². The van der Waals surface area contributed by atoms with Crippen molar-refractivity contribution in [2.24, 2.45) is 0 Å². The van der Waals surface area contributed by atoms with E-state index in [0.29, 0.717) is 11.6 Å². The quantitative estimate of drug-likeness (QED) is 0.913. The molecule has 2 aromatic rings. The van der Waals surface area contributed by atoms with Gasteiger partial charge in [0.05, 0.1) is 5.69 Å². The Balaban J connectivity index is 2.03. The van der Waals surface area contributed by atoms with E-state index >= 15 is 0 Å². The molecule has 0 saturated heterocycles. The fourth-order valence-electron chi connectivity index (χ4n) is 2.07. The molecule has 0 aliphatic heterocycles. The van der Waals surface area contributed by atoms with Crippen LogP contribution in [0, 0.1) is 17.5 Å². The number of nitrogens with zero attached hydrogens (tertiary/aromatic N) is 1. The molecule has 0 aromatic heterocycles. The lowest BCUT2D eigenvalue weighted by molar-refractivity contribution is -0.123. The van der Waals surface area contributed by atoms with Crippen LogP contribution in [0.3, 0.4) is 0 Å². The first kappa shape index (κ1) is 17.5. The first-order chi connectivity index (χ1) is 11.4. The van der Waals surface area contributed by atoms with Crippen LogP contribution in [0.25, 0.3) is 0 Å². The van der Waals surface area contributed by atoms with Crippen LogP contribution in [0.4, 0.5) is 18.9 Å². The SMILES string of the molecule is CC(=O)N(CC(=O)NCc1ccc(F)cc1)c1ccc(F)cc1F. The van der Waals surface area contributed by atoms with Crippen LogP contribution >= 0.6 is 0 Å². The molecule has 0 atom stereocenters. The summed E-state index contributed by atoms with van der Waals surface area (Å²) < 4.78 is 39.6. The summed E-state index contributed by atoms with van der Waals surface area (Å²) in [5.74, 6) is -3.19. The van der Waals surface area contributed by atoms with Gasteiger partial charge in [0.25, 0.3) is 0 Å². The monoisotopic (exact) mass is 336 g/mol. The van der Waals surface area contributed by atoms with Crippen molar-refractivity contribution in [2.75, 3.05) is 11.4 Å². The first-order valence-electron chi connectivity index (χ1n) is 7.11. The predicted molar refractivity (Wildman–Crippen MR) is 82.6 cm³/mol. The summed E-state index contributed by atoms with van der Waals surface area (Å²) in [5, 5.41) is 2.55. The van der Waals surface area contributed by atoms with Gasteiger partial charge >= 0.3 is 0 Å². The third-order valence-electron chi connectivity index (χ3n) is 3.29. The molecule has 2 aromatic carbocycles. The number of hydrogen-bond acceptors (Lipinski definition) is 2. The smallest absolute Gasteiger partial charge is 0.240 e. The fourth-order valence-corrected chi connectivity index (χ4v) is 2.07. The minimum absolute atomic E-state index is 0.136. The zero-order valence-corrected chi connectivity index (χ0v) is 12.9. The number of carbonyl (C=O) groups is 2. The summed E-state index contributed by atoms with van der Waals surface area (Å²) in [6.07, 6.45) is 0. The van der Waals surface area contributed by atoms with Crippen LogP contribution in [0.5, 0.6) is 0 Å².